The van der Waals surface area contributed by atoms with Crippen molar-refractivity contribution in [2.45, 2.75) is 39.5 Å². The van der Waals surface area contributed by atoms with Crippen LogP contribution in [0.1, 0.15) is 39.5 Å². The quantitative estimate of drug-likeness (QED) is 0.632. The summed E-state index contributed by atoms with van der Waals surface area (Å²) in [5.41, 5.74) is 0. The molecule has 0 amide bonds. The van der Waals surface area contributed by atoms with Crippen molar-refractivity contribution >= 4 is 8.25 Å². The molecule has 0 heterocycles. The Hall–Kier alpha value is 0.0200. The fourth-order valence-electron chi connectivity index (χ4n) is 1.07. The first-order chi connectivity index (χ1) is 5.70. The molecule has 0 fully saturated rings. The molecule has 1 radical (unpaired) electrons. The normalized spacial score (nSPS) is 14.4. The zero-order chi connectivity index (χ0) is 9.40. The monoisotopic (exact) mass is 193 g/mol. The second-order valence-corrected chi connectivity index (χ2v) is 3.68. The van der Waals surface area contributed by atoms with Gasteiger partial charge in [0.2, 0.25) is 0 Å². The minimum absolute atomic E-state index is 0.419. The Balaban J connectivity index is 3.45. The topological polar surface area (TPSA) is 46.5 Å². The molecule has 12 heavy (non-hydrogen) atoms. The summed E-state index contributed by atoms with van der Waals surface area (Å²) in [7, 11) is -2.40. The molecule has 1 N–H and O–H groups in total. The Bertz CT molecular complexity index is 127. The lowest BCUT2D eigenvalue weighted by molar-refractivity contribution is 0.218. The van der Waals surface area contributed by atoms with Crippen molar-refractivity contribution in [3.63, 3.8) is 0 Å². The number of unbranched alkanes of at least 4 members (excludes halogenated alkanes) is 1. The summed E-state index contributed by atoms with van der Waals surface area (Å²) in [6.45, 7) is 4.64. The average molecular weight is 193 g/mol. The number of hydrogen-bond donors (Lipinski definition) is 1. The maximum absolute atomic E-state index is 10.2. The molecule has 0 aliphatic heterocycles. The molecular formula is C8H18O3P. The van der Waals surface area contributed by atoms with E-state index in [4.69, 9.17) is 4.89 Å². The van der Waals surface area contributed by atoms with E-state index in [9.17, 15) is 4.57 Å². The third-order valence-electron chi connectivity index (χ3n) is 1.96. The van der Waals surface area contributed by atoms with Crippen molar-refractivity contribution in [2.24, 2.45) is 5.92 Å². The Labute approximate surface area is 75.1 Å². The van der Waals surface area contributed by atoms with E-state index >= 15 is 0 Å². The molecule has 73 valence electrons. The van der Waals surface area contributed by atoms with Gasteiger partial charge in [0.1, 0.15) is 0 Å². The van der Waals surface area contributed by atoms with Crippen molar-refractivity contribution in [1.29, 1.82) is 0 Å². The van der Waals surface area contributed by atoms with E-state index in [-0.39, 0.29) is 0 Å². The summed E-state index contributed by atoms with van der Waals surface area (Å²) >= 11 is 0. The Morgan fingerprint density at radius 3 is 2.58 bits per heavy atom. The van der Waals surface area contributed by atoms with Crippen LogP contribution in [0.5, 0.6) is 0 Å². The maximum Gasteiger partial charge on any atom is 0.366 e. The van der Waals surface area contributed by atoms with Crippen LogP contribution < -0.4 is 0 Å². The minimum atomic E-state index is -2.40. The van der Waals surface area contributed by atoms with Crippen LogP contribution >= 0.6 is 8.25 Å². The van der Waals surface area contributed by atoms with Crippen LogP contribution in [0.25, 0.3) is 0 Å². The van der Waals surface area contributed by atoms with Crippen molar-refractivity contribution in [3.05, 3.63) is 0 Å². The molecule has 0 aliphatic rings. The summed E-state index contributed by atoms with van der Waals surface area (Å²) < 4.78 is 14.9. The first kappa shape index (κ1) is 12.0. The van der Waals surface area contributed by atoms with E-state index in [1.54, 1.807) is 0 Å². The van der Waals surface area contributed by atoms with Gasteiger partial charge in [-0.15, -0.1) is 0 Å². The van der Waals surface area contributed by atoms with Gasteiger partial charge in [-0.25, -0.2) is 4.57 Å². The maximum atomic E-state index is 10.2. The fraction of sp³-hybridized carbons (Fsp3) is 1.00. The summed E-state index contributed by atoms with van der Waals surface area (Å²) in [5.74, 6) is 0.441. The van der Waals surface area contributed by atoms with Gasteiger partial charge >= 0.3 is 8.25 Å². The van der Waals surface area contributed by atoms with Crippen molar-refractivity contribution in [2.75, 3.05) is 6.61 Å². The molecule has 0 saturated heterocycles. The van der Waals surface area contributed by atoms with Crippen LogP contribution in [0.4, 0.5) is 0 Å². The van der Waals surface area contributed by atoms with E-state index < -0.39 is 8.25 Å². The Kier molecular flexibility index (Phi) is 7.67. The molecule has 0 saturated carbocycles. The zero-order valence-corrected chi connectivity index (χ0v) is 8.72. The van der Waals surface area contributed by atoms with Gasteiger partial charge in [-0.2, -0.15) is 0 Å². The highest BCUT2D eigenvalue weighted by Crippen LogP contribution is 2.20. The molecule has 2 unspecified atom stereocenters. The van der Waals surface area contributed by atoms with E-state index in [0.717, 1.165) is 12.8 Å². The van der Waals surface area contributed by atoms with Crippen LogP contribution in [0, 0.1) is 5.92 Å². The molecular weight excluding hydrogens is 175 g/mol. The van der Waals surface area contributed by atoms with Gasteiger partial charge in [0.15, 0.2) is 0 Å². The summed E-state index contributed by atoms with van der Waals surface area (Å²) in [5, 5.41) is 0. The van der Waals surface area contributed by atoms with Gasteiger partial charge in [0, 0.05) is 0 Å². The molecule has 2 atom stereocenters. The lowest BCUT2D eigenvalue weighted by atomic mass is 10.0. The third kappa shape index (κ3) is 6.71. The molecule has 0 bridgehead atoms. The molecule has 4 heteroatoms. The summed E-state index contributed by atoms with van der Waals surface area (Å²) in [6, 6.07) is 0. The lowest BCUT2D eigenvalue weighted by Crippen LogP contribution is -2.05. The average Bonchev–Trinajstić information content (AvgIpc) is 2.05. The highest BCUT2D eigenvalue weighted by molar-refractivity contribution is 7.32. The largest absolute Gasteiger partial charge is 0.366 e. The Morgan fingerprint density at radius 1 is 1.50 bits per heavy atom. The molecule has 0 spiro atoms. The molecule has 0 aromatic rings. The second kappa shape index (κ2) is 7.66. The van der Waals surface area contributed by atoms with Gasteiger partial charge in [-0.05, 0) is 12.3 Å². The highest BCUT2D eigenvalue weighted by Gasteiger charge is 2.07. The standard InChI is InChI=1S/C8H18O3P/c1-3-5-6-8(4-2)7-11-12(9)10/h8H,3-7H2,1-2H3,(H,9,10). The molecule has 0 aromatic carbocycles. The van der Waals surface area contributed by atoms with Gasteiger partial charge < -0.3 is 0 Å². The Morgan fingerprint density at radius 2 is 2.17 bits per heavy atom. The van der Waals surface area contributed by atoms with Gasteiger partial charge in [0.25, 0.3) is 0 Å². The van der Waals surface area contributed by atoms with Crippen LogP contribution in [0.3, 0.4) is 0 Å². The predicted molar refractivity (Wildman–Crippen MR) is 49.1 cm³/mol. The van der Waals surface area contributed by atoms with E-state index in [0.29, 0.717) is 12.5 Å². The van der Waals surface area contributed by atoms with Gasteiger partial charge in [-0.1, -0.05) is 33.1 Å². The fourth-order valence-corrected chi connectivity index (χ4v) is 1.41. The molecule has 3 nitrogen and oxygen atoms in total. The van der Waals surface area contributed by atoms with E-state index in [2.05, 4.69) is 18.4 Å². The van der Waals surface area contributed by atoms with Crippen LogP contribution in [0.2, 0.25) is 0 Å². The van der Waals surface area contributed by atoms with Crippen LogP contribution in [0.15, 0.2) is 0 Å². The van der Waals surface area contributed by atoms with E-state index in [1.807, 2.05) is 0 Å². The molecule has 0 aliphatic carbocycles. The van der Waals surface area contributed by atoms with Gasteiger partial charge in [0.05, 0.1) is 6.61 Å². The van der Waals surface area contributed by atoms with Crippen LogP contribution in [-0.2, 0) is 9.09 Å². The highest BCUT2D eigenvalue weighted by atomic mass is 31.1. The first-order valence-electron chi connectivity index (χ1n) is 4.49. The zero-order valence-electron chi connectivity index (χ0n) is 7.82. The number of rotatable bonds is 7. The van der Waals surface area contributed by atoms with Crippen molar-refractivity contribution < 1.29 is 14.0 Å². The molecule has 0 rings (SSSR count). The third-order valence-corrected chi connectivity index (χ3v) is 2.33. The van der Waals surface area contributed by atoms with Crippen molar-refractivity contribution in [3.8, 4) is 0 Å². The van der Waals surface area contributed by atoms with E-state index in [1.165, 1.54) is 12.8 Å². The lowest BCUT2D eigenvalue weighted by Gasteiger charge is -2.11. The molecule has 0 aromatic heterocycles. The minimum Gasteiger partial charge on any atom is -0.298 e. The predicted octanol–water partition coefficient (Wildman–Crippen LogP) is 2.87. The van der Waals surface area contributed by atoms with Crippen LogP contribution in [-0.4, -0.2) is 11.5 Å². The second-order valence-electron chi connectivity index (χ2n) is 2.95. The number of hydrogen-bond acceptors (Lipinski definition) is 2. The first-order valence-corrected chi connectivity index (χ1v) is 5.62. The summed E-state index contributed by atoms with van der Waals surface area (Å²) in [6.07, 6.45) is 4.45. The summed E-state index contributed by atoms with van der Waals surface area (Å²) in [4.78, 5) is 8.41. The smallest absolute Gasteiger partial charge is 0.298 e. The van der Waals surface area contributed by atoms with Crippen molar-refractivity contribution in [1.82, 2.24) is 0 Å². The van der Waals surface area contributed by atoms with Gasteiger partial charge in [-0.3, -0.25) is 9.42 Å². The SMILES string of the molecule is CCCCC(CC)CO[P](=O)O.